The molecule has 100 valence electrons. The molecule has 2 aromatic rings. The van der Waals surface area contributed by atoms with Crippen molar-refractivity contribution in [2.24, 2.45) is 0 Å². The normalized spacial score (nSPS) is 10.4. The number of aryl methyl sites for hydroxylation is 1. The van der Waals surface area contributed by atoms with Gasteiger partial charge in [-0.05, 0) is 30.9 Å². The zero-order chi connectivity index (χ0) is 13.8. The van der Waals surface area contributed by atoms with E-state index in [4.69, 9.17) is 0 Å². The molecule has 0 aliphatic rings. The van der Waals surface area contributed by atoms with Crippen LogP contribution in [0, 0.1) is 6.92 Å². The molecule has 0 saturated carbocycles. The van der Waals surface area contributed by atoms with E-state index in [-0.39, 0.29) is 18.4 Å². The third kappa shape index (κ3) is 2.93. The van der Waals surface area contributed by atoms with Gasteiger partial charge in [-0.3, -0.25) is 9.59 Å². The summed E-state index contributed by atoms with van der Waals surface area (Å²) in [7, 11) is 0. The maximum Gasteiger partial charge on any atom is 0.262 e. The van der Waals surface area contributed by atoms with E-state index in [1.165, 1.54) is 11.3 Å². The third-order valence-corrected chi connectivity index (χ3v) is 4.10. The topological polar surface area (TPSA) is 58.2 Å². The van der Waals surface area contributed by atoms with E-state index in [0.717, 1.165) is 15.6 Å². The highest BCUT2D eigenvalue weighted by Gasteiger charge is 2.15. The van der Waals surface area contributed by atoms with Gasteiger partial charge in [-0.2, -0.15) is 0 Å². The third-order valence-electron chi connectivity index (χ3n) is 2.83. The minimum atomic E-state index is -0.190. The van der Waals surface area contributed by atoms with Crippen LogP contribution in [0.1, 0.15) is 22.2 Å². The van der Waals surface area contributed by atoms with Crippen LogP contribution >= 0.6 is 11.3 Å². The lowest BCUT2D eigenvalue weighted by atomic mass is 10.1. The molecule has 0 bridgehead atoms. The lowest BCUT2D eigenvalue weighted by molar-refractivity contribution is -0.120. The molecule has 0 radical (unpaired) electrons. The molecule has 2 rings (SSSR count). The molecule has 4 nitrogen and oxygen atoms in total. The molecule has 1 aromatic carbocycles. The molecule has 0 saturated heterocycles. The summed E-state index contributed by atoms with van der Waals surface area (Å²) in [6.45, 7) is 4.35. The van der Waals surface area contributed by atoms with E-state index in [9.17, 15) is 9.59 Å². The average molecular weight is 276 g/mol. The van der Waals surface area contributed by atoms with Crippen molar-refractivity contribution in [1.82, 2.24) is 10.6 Å². The summed E-state index contributed by atoms with van der Waals surface area (Å²) in [5, 5.41) is 6.38. The number of thiophene rings is 1. The van der Waals surface area contributed by atoms with Crippen molar-refractivity contribution >= 4 is 33.2 Å². The van der Waals surface area contributed by atoms with Gasteiger partial charge < -0.3 is 10.6 Å². The number of carbonyl (C=O) groups excluding carboxylic acids is 2. The van der Waals surface area contributed by atoms with Crippen molar-refractivity contribution < 1.29 is 9.59 Å². The van der Waals surface area contributed by atoms with Crippen molar-refractivity contribution in [2.45, 2.75) is 13.8 Å². The SMILES string of the molecule is CCNC(=O)CNC(=O)c1sc2ccccc2c1C. The van der Waals surface area contributed by atoms with E-state index < -0.39 is 0 Å². The van der Waals surface area contributed by atoms with Crippen LogP contribution in [0.15, 0.2) is 24.3 Å². The summed E-state index contributed by atoms with van der Waals surface area (Å²) >= 11 is 1.45. The second-order valence-corrected chi connectivity index (χ2v) is 5.24. The van der Waals surface area contributed by atoms with E-state index in [1.807, 2.05) is 38.1 Å². The Hall–Kier alpha value is -1.88. The number of carbonyl (C=O) groups is 2. The molecular formula is C14H16N2O2S. The number of nitrogens with one attached hydrogen (secondary N) is 2. The number of hydrogen-bond donors (Lipinski definition) is 2. The number of amides is 2. The Balaban J connectivity index is 2.13. The summed E-state index contributed by atoms with van der Waals surface area (Å²) in [5.41, 5.74) is 0.967. The zero-order valence-electron chi connectivity index (χ0n) is 10.9. The highest BCUT2D eigenvalue weighted by atomic mass is 32.1. The second-order valence-electron chi connectivity index (χ2n) is 4.19. The standard InChI is InChI=1S/C14H16N2O2S/c1-3-15-12(17)8-16-14(18)13-9(2)10-6-4-5-7-11(10)19-13/h4-7H,3,8H2,1-2H3,(H,15,17)(H,16,18). The maximum atomic E-state index is 12.1. The molecule has 2 N–H and O–H groups in total. The predicted octanol–water partition coefficient (Wildman–Crippen LogP) is 2.08. The number of fused-ring (bicyclic) bond motifs is 1. The number of hydrogen-bond acceptors (Lipinski definition) is 3. The summed E-state index contributed by atoms with van der Waals surface area (Å²) in [4.78, 5) is 24.0. The number of benzene rings is 1. The molecular weight excluding hydrogens is 260 g/mol. The molecule has 1 aromatic heterocycles. The second kappa shape index (κ2) is 5.84. The Kier molecular flexibility index (Phi) is 4.16. The first kappa shape index (κ1) is 13.5. The van der Waals surface area contributed by atoms with Crippen molar-refractivity contribution in [3.8, 4) is 0 Å². The van der Waals surface area contributed by atoms with Gasteiger partial charge in [0.1, 0.15) is 0 Å². The molecule has 0 fully saturated rings. The first-order chi connectivity index (χ1) is 9.13. The van der Waals surface area contributed by atoms with Gasteiger partial charge in [0.2, 0.25) is 5.91 Å². The van der Waals surface area contributed by atoms with Crippen molar-refractivity contribution in [2.75, 3.05) is 13.1 Å². The van der Waals surface area contributed by atoms with Crippen LogP contribution in [0.3, 0.4) is 0 Å². The molecule has 19 heavy (non-hydrogen) atoms. The number of likely N-dealkylation sites (N-methyl/N-ethyl adjacent to an activating group) is 1. The van der Waals surface area contributed by atoms with Crippen LogP contribution in [-0.4, -0.2) is 24.9 Å². The van der Waals surface area contributed by atoms with Crippen LogP contribution in [0.4, 0.5) is 0 Å². The quantitative estimate of drug-likeness (QED) is 0.898. The molecule has 0 aliphatic heterocycles. The summed E-state index contributed by atoms with van der Waals surface area (Å²) < 4.78 is 1.09. The van der Waals surface area contributed by atoms with Gasteiger partial charge in [0, 0.05) is 11.2 Å². The maximum absolute atomic E-state index is 12.1. The first-order valence-electron chi connectivity index (χ1n) is 6.16. The van der Waals surface area contributed by atoms with E-state index >= 15 is 0 Å². The molecule has 5 heteroatoms. The monoisotopic (exact) mass is 276 g/mol. The van der Waals surface area contributed by atoms with Gasteiger partial charge >= 0.3 is 0 Å². The minimum Gasteiger partial charge on any atom is -0.355 e. The van der Waals surface area contributed by atoms with E-state index in [2.05, 4.69) is 10.6 Å². The van der Waals surface area contributed by atoms with Crippen LogP contribution < -0.4 is 10.6 Å². The lowest BCUT2D eigenvalue weighted by Gasteiger charge is -2.04. The van der Waals surface area contributed by atoms with Crippen LogP contribution in [0.2, 0.25) is 0 Å². The van der Waals surface area contributed by atoms with Gasteiger partial charge in [0.15, 0.2) is 0 Å². The summed E-state index contributed by atoms with van der Waals surface area (Å²) in [6, 6.07) is 7.91. The Morgan fingerprint density at radius 2 is 1.95 bits per heavy atom. The van der Waals surface area contributed by atoms with Crippen molar-refractivity contribution in [1.29, 1.82) is 0 Å². The molecule has 0 aliphatic carbocycles. The average Bonchev–Trinajstić information content (AvgIpc) is 2.74. The van der Waals surface area contributed by atoms with Crippen molar-refractivity contribution in [3.05, 3.63) is 34.7 Å². The van der Waals surface area contributed by atoms with Gasteiger partial charge in [0.25, 0.3) is 5.91 Å². The van der Waals surface area contributed by atoms with Gasteiger partial charge in [-0.1, -0.05) is 18.2 Å². The van der Waals surface area contributed by atoms with Gasteiger partial charge in [-0.15, -0.1) is 11.3 Å². The molecule has 2 amide bonds. The van der Waals surface area contributed by atoms with Gasteiger partial charge in [0.05, 0.1) is 11.4 Å². The Labute approximate surface area is 115 Å². The highest BCUT2D eigenvalue weighted by Crippen LogP contribution is 2.30. The van der Waals surface area contributed by atoms with Crippen LogP contribution in [0.5, 0.6) is 0 Å². The summed E-state index contributed by atoms with van der Waals surface area (Å²) in [5.74, 6) is -0.362. The fourth-order valence-electron chi connectivity index (χ4n) is 1.89. The lowest BCUT2D eigenvalue weighted by Crippen LogP contribution is -2.36. The molecule has 0 spiro atoms. The molecule has 0 atom stereocenters. The summed E-state index contributed by atoms with van der Waals surface area (Å²) in [6.07, 6.45) is 0. The molecule has 1 heterocycles. The fourth-order valence-corrected chi connectivity index (χ4v) is 3.02. The van der Waals surface area contributed by atoms with E-state index in [1.54, 1.807) is 0 Å². The van der Waals surface area contributed by atoms with E-state index in [0.29, 0.717) is 11.4 Å². The first-order valence-corrected chi connectivity index (χ1v) is 6.98. The largest absolute Gasteiger partial charge is 0.355 e. The smallest absolute Gasteiger partial charge is 0.262 e. The van der Waals surface area contributed by atoms with Crippen LogP contribution in [0.25, 0.3) is 10.1 Å². The molecule has 0 unspecified atom stereocenters. The predicted molar refractivity (Wildman–Crippen MR) is 77.6 cm³/mol. The zero-order valence-corrected chi connectivity index (χ0v) is 11.8. The van der Waals surface area contributed by atoms with Crippen LogP contribution in [-0.2, 0) is 4.79 Å². The van der Waals surface area contributed by atoms with Crippen molar-refractivity contribution in [3.63, 3.8) is 0 Å². The Morgan fingerprint density at radius 3 is 2.63 bits per heavy atom. The minimum absolute atomic E-state index is 0.0142. The van der Waals surface area contributed by atoms with Gasteiger partial charge in [-0.25, -0.2) is 0 Å². The Bertz CT molecular complexity index is 619. The number of rotatable bonds is 4. The fraction of sp³-hybridized carbons (Fsp3) is 0.286. The Morgan fingerprint density at radius 1 is 1.21 bits per heavy atom. The highest BCUT2D eigenvalue weighted by molar-refractivity contribution is 7.21.